The lowest BCUT2D eigenvalue weighted by Gasteiger charge is -2.47. The molecule has 3 fully saturated rings. The van der Waals surface area contributed by atoms with Crippen molar-refractivity contribution in [1.82, 2.24) is 9.80 Å². The first-order chi connectivity index (χ1) is 13.1. The number of rotatable bonds is 6. The first-order valence-electron chi connectivity index (χ1n) is 10.1. The average molecular weight is 391 g/mol. The molecule has 1 saturated carbocycles. The number of piperidine rings is 2. The lowest BCUT2D eigenvalue weighted by atomic mass is 9.83. The van der Waals surface area contributed by atoms with Crippen molar-refractivity contribution in [3.05, 3.63) is 29.3 Å². The minimum absolute atomic E-state index is 0.200. The highest BCUT2D eigenvalue weighted by molar-refractivity contribution is 6.32. The number of fused-ring (bicyclic) bond motifs is 1. The summed E-state index contributed by atoms with van der Waals surface area (Å²) in [4.78, 5) is 29.0. The Labute approximate surface area is 165 Å². The van der Waals surface area contributed by atoms with E-state index in [-0.39, 0.29) is 5.91 Å². The van der Waals surface area contributed by atoms with Crippen LogP contribution in [0.25, 0.3) is 0 Å². The van der Waals surface area contributed by atoms with E-state index in [1.54, 1.807) is 6.07 Å². The van der Waals surface area contributed by atoms with E-state index < -0.39 is 0 Å². The van der Waals surface area contributed by atoms with Gasteiger partial charge in [0.05, 0.1) is 11.6 Å². The lowest BCUT2D eigenvalue weighted by molar-refractivity contribution is -0.145. The Bertz CT molecular complexity index is 706. The Morgan fingerprint density at radius 2 is 2.00 bits per heavy atom. The summed E-state index contributed by atoms with van der Waals surface area (Å²) < 4.78 is 5.67. The van der Waals surface area contributed by atoms with Crippen LogP contribution in [0.4, 0.5) is 0 Å². The Kier molecular flexibility index (Phi) is 5.58. The van der Waals surface area contributed by atoms with Gasteiger partial charge in [-0.25, -0.2) is 0 Å². The van der Waals surface area contributed by atoms with Crippen molar-refractivity contribution in [2.45, 2.75) is 57.0 Å². The first kappa shape index (κ1) is 18.6. The SMILES string of the molecule is O=C(CCCOc1ccccc1Cl)N1CCC2C(CCC(=O)N2C2CC2)C1. The number of amides is 2. The minimum Gasteiger partial charge on any atom is -0.492 e. The molecule has 146 valence electrons. The number of carbonyl (C=O) groups is 2. The van der Waals surface area contributed by atoms with Crippen LogP contribution < -0.4 is 4.74 Å². The normalized spacial score (nSPS) is 25.3. The van der Waals surface area contributed by atoms with Gasteiger partial charge in [0, 0.05) is 38.0 Å². The number of ether oxygens (including phenoxy) is 1. The largest absolute Gasteiger partial charge is 0.492 e. The Balaban J connectivity index is 1.23. The van der Waals surface area contributed by atoms with Gasteiger partial charge in [-0.05, 0) is 50.2 Å². The number of benzene rings is 1. The summed E-state index contributed by atoms with van der Waals surface area (Å²) in [5, 5.41) is 0.595. The standard InChI is InChI=1S/C21H27ClN2O3/c22-17-4-1-2-5-19(17)27-13-3-6-20(25)23-12-11-18-15(14-23)7-10-21(26)24(18)16-8-9-16/h1-2,4-5,15-16,18H,3,6-14H2. The van der Waals surface area contributed by atoms with Gasteiger partial charge in [0.25, 0.3) is 0 Å². The second-order valence-electron chi connectivity index (χ2n) is 7.91. The molecule has 4 rings (SSSR count). The predicted molar refractivity (Wildman–Crippen MR) is 104 cm³/mol. The Morgan fingerprint density at radius 3 is 2.78 bits per heavy atom. The van der Waals surface area contributed by atoms with Crippen LogP contribution in [0.15, 0.2) is 24.3 Å². The molecule has 27 heavy (non-hydrogen) atoms. The lowest BCUT2D eigenvalue weighted by Crippen LogP contribution is -2.57. The van der Waals surface area contributed by atoms with E-state index in [9.17, 15) is 9.59 Å². The van der Waals surface area contributed by atoms with Crippen molar-refractivity contribution in [3.63, 3.8) is 0 Å². The molecule has 2 amide bonds. The van der Waals surface area contributed by atoms with Gasteiger partial charge in [-0.3, -0.25) is 9.59 Å². The number of carbonyl (C=O) groups excluding carboxylic acids is 2. The number of likely N-dealkylation sites (tertiary alicyclic amines) is 2. The molecule has 2 atom stereocenters. The van der Waals surface area contributed by atoms with Crippen LogP contribution in [0.3, 0.4) is 0 Å². The molecular formula is C21H27ClN2O3. The van der Waals surface area contributed by atoms with Crippen LogP contribution in [0.1, 0.15) is 44.9 Å². The average Bonchev–Trinajstić information content (AvgIpc) is 3.51. The molecule has 0 bridgehead atoms. The van der Waals surface area contributed by atoms with E-state index >= 15 is 0 Å². The van der Waals surface area contributed by atoms with Gasteiger partial charge in [0.15, 0.2) is 0 Å². The van der Waals surface area contributed by atoms with Gasteiger partial charge in [0.2, 0.25) is 11.8 Å². The molecule has 1 aromatic carbocycles. The van der Waals surface area contributed by atoms with Crippen LogP contribution in [0.5, 0.6) is 5.75 Å². The van der Waals surface area contributed by atoms with E-state index in [0.717, 1.165) is 38.8 Å². The van der Waals surface area contributed by atoms with Crippen LogP contribution in [-0.4, -0.2) is 53.4 Å². The molecule has 5 nitrogen and oxygen atoms in total. The molecule has 2 heterocycles. The fourth-order valence-corrected chi connectivity index (χ4v) is 4.66. The summed E-state index contributed by atoms with van der Waals surface area (Å²) in [6.45, 7) is 2.05. The minimum atomic E-state index is 0.200. The van der Waals surface area contributed by atoms with Crippen molar-refractivity contribution in [2.24, 2.45) is 5.92 Å². The zero-order valence-electron chi connectivity index (χ0n) is 15.6. The van der Waals surface area contributed by atoms with E-state index in [1.807, 2.05) is 23.1 Å². The second-order valence-corrected chi connectivity index (χ2v) is 8.32. The summed E-state index contributed by atoms with van der Waals surface area (Å²) >= 11 is 6.07. The number of hydrogen-bond acceptors (Lipinski definition) is 3. The molecule has 3 aliphatic rings. The van der Waals surface area contributed by atoms with Crippen molar-refractivity contribution in [1.29, 1.82) is 0 Å². The van der Waals surface area contributed by atoms with Gasteiger partial charge < -0.3 is 14.5 Å². The highest BCUT2D eigenvalue weighted by atomic mass is 35.5. The van der Waals surface area contributed by atoms with Crippen molar-refractivity contribution in [2.75, 3.05) is 19.7 Å². The molecule has 1 aromatic rings. The van der Waals surface area contributed by atoms with Crippen LogP contribution in [0.2, 0.25) is 5.02 Å². The highest BCUT2D eigenvalue weighted by Gasteiger charge is 2.45. The van der Waals surface area contributed by atoms with Gasteiger partial charge in [-0.15, -0.1) is 0 Å². The van der Waals surface area contributed by atoms with Crippen LogP contribution >= 0.6 is 11.6 Å². The van der Waals surface area contributed by atoms with Crippen LogP contribution in [-0.2, 0) is 9.59 Å². The van der Waals surface area contributed by atoms with E-state index in [1.165, 1.54) is 0 Å². The molecule has 6 heteroatoms. The number of nitrogens with zero attached hydrogens (tertiary/aromatic N) is 2. The molecule has 2 unspecified atom stereocenters. The third kappa shape index (κ3) is 4.23. The van der Waals surface area contributed by atoms with E-state index in [4.69, 9.17) is 16.3 Å². The second kappa shape index (κ2) is 8.09. The van der Waals surface area contributed by atoms with Crippen molar-refractivity contribution < 1.29 is 14.3 Å². The molecule has 0 N–H and O–H groups in total. The summed E-state index contributed by atoms with van der Waals surface area (Å²) in [6, 6.07) is 8.22. The summed E-state index contributed by atoms with van der Waals surface area (Å²) in [7, 11) is 0. The van der Waals surface area contributed by atoms with Gasteiger partial charge in [-0.1, -0.05) is 23.7 Å². The van der Waals surface area contributed by atoms with Gasteiger partial charge in [0.1, 0.15) is 5.75 Å². The Morgan fingerprint density at radius 1 is 1.19 bits per heavy atom. The van der Waals surface area contributed by atoms with Gasteiger partial charge in [-0.2, -0.15) is 0 Å². The molecule has 2 aliphatic heterocycles. The monoisotopic (exact) mass is 390 g/mol. The highest BCUT2D eigenvalue weighted by Crippen LogP contribution is 2.39. The third-order valence-corrected chi connectivity index (χ3v) is 6.30. The predicted octanol–water partition coefficient (Wildman–Crippen LogP) is 3.50. The summed E-state index contributed by atoms with van der Waals surface area (Å²) in [5.74, 6) is 1.64. The topological polar surface area (TPSA) is 49.9 Å². The summed E-state index contributed by atoms with van der Waals surface area (Å²) in [6.07, 6.45) is 5.98. The maximum atomic E-state index is 12.6. The maximum absolute atomic E-state index is 12.6. The van der Waals surface area contributed by atoms with E-state index in [2.05, 4.69) is 4.90 Å². The van der Waals surface area contributed by atoms with Crippen LogP contribution in [0, 0.1) is 5.92 Å². The fraction of sp³-hybridized carbons (Fsp3) is 0.619. The number of para-hydroxylation sites is 1. The van der Waals surface area contributed by atoms with E-state index in [0.29, 0.717) is 60.6 Å². The smallest absolute Gasteiger partial charge is 0.223 e. The molecule has 1 aliphatic carbocycles. The van der Waals surface area contributed by atoms with Crippen molar-refractivity contribution in [3.8, 4) is 5.75 Å². The summed E-state index contributed by atoms with van der Waals surface area (Å²) in [5.41, 5.74) is 0. The molecule has 2 saturated heterocycles. The fourth-order valence-electron chi connectivity index (χ4n) is 4.47. The molecular weight excluding hydrogens is 364 g/mol. The van der Waals surface area contributed by atoms with Gasteiger partial charge >= 0.3 is 0 Å². The first-order valence-corrected chi connectivity index (χ1v) is 10.5. The molecule has 0 radical (unpaired) electrons. The Hall–Kier alpha value is -1.75. The third-order valence-electron chi connectivity index (χ3n) is 5.99. The molecule has 0 spiro atoms. The van der Waals surface area contributed by atoms with Crippen molar-refractivity contribution >= 4 is 23.4 Å². The zero-order chi connectivity index (χ0) is 18.8. The zero-order valence-corrected chi connectivity index (χ0v) is 16.4. The quantitative estimate of drug-likeness (QED) is 0.698. The molecule has 0 aromatic heterocycles. The number of halogens is 1. The number of hydrogen-bond donors (Lipinski definition) is 0. The maximum Gasteiger partial charge on any atom is 0.223 e.